The van der Waals surface area contributed by atoms with E-state index in [0.29, 0.717) is 5.69 Å². The lowest BCUT2D eigenvalue weighted by molar-refractivity contribution is -0.137. The van der Waals surface area contributed by atoms with Crippen molar-refractivity contribution in [3.63, 3.8) is 0 Å². The number of ether oxygens (including phenoxy) is 1. The maximum absolute atomic E-state index is 13.8. The predicted octanol–water partition coefficient (Wildman–Crippen LogP) is 3.68. The Morgan fingerprint density at radius 2 is 1.80 bits per heavy atom. The van der Waals surface area contributed by atoms with Gasteiger partial charge in [-0.25, -0.2) is 9.37 Å². The van der Waals surface area contributed by atoms with Crippen molar-refractivity contribution in [1.29, 1.82) is 0 Å². The molecule has 0 spiro atoms. The number of halogens is 4. The fraction of sp³-hybridized carbons (Fsp3) is 0.182. The SMILES string of the molecule is COc1ccc(NC(=O)Cn2cnc3c(Nc4ccc(C(F)(F)F)cc4)nn(C)c3c2=O)cc1F. The molecule has 182 valence electrons. The second kappa shape index (κ2) is 9.08. The number of aromatic nitrogens is 4. The molecule has 2 aromatic carbocycles. The third-order valence-corrected chi connectivity index (χ3v) is 5.04. The van der Waals surface area contributed by atoms with Crippen molar-refractivity contribution in [3.05, 3.63) is 70.5 Å². The summed E-state index contributed by atoms with van der Waals surface area (Å²) in [6.45, 7) is -0.401. The monoisotopic (exact) mass is 490 g/mol. The number of carbonyl (C=O) groups excluding carboxylic acids is 1. The van der Waals surface area contributed by atoms with E-state index in [1.807, 2.05) is 0 Å². The Bertz CT molecular complexity index is 1460. The van der Waals surface area contributed by atoms with Crippen LogP contribution in [0, 0.1) is 5.82 Å². The van der Waals surface area contributed by atoms with Crippen LogP contribution in [-0.4, -0.2) is 32.3 Å². The fourth-order valence-electron chi connectivity index (χ4n) is 3.37. The molecular weight excluding hydrogens is 472 g/mol. The van der Waals surface area contributed by atoms with Gasteiger partial charge in [-0.3, -0.25) is 18.8 Å². The fourth-order valence-corrected chi connectivity index (χ4v) is 3.37. The van der Waals surface area contributed by atoms with Crippen LogP contribution in [0.25, 0.3) is 11.0 Å². The molecule has 4 aromatic rings. The normalized spacial score (nSPS) is 11.5. The van der Waals surface area contributed by atoms with Crippen LogP contribution in [0.2, 0.25) is 0 Å². The van der Waals surface area contributed by atoms with Gasteiger partial charge in [0.1, 0.15) is 12.1 Å². The molecule has 13 heteroatoms. The first-order chi connectivity index (χ1) is 16.6. The second-order valence-electron chi connectivity index (χ2n) is 7.44. The van der Waals surface area contributed by atoms with Crippen LogP contribution in [0.15, 0.2) is 53.6 Å². The average molecular weight is 490 g/mol. The van der Waals surface area contributed by atoms with Gasteiger partial charge in [-0.1, -0.05) is 0 Å². The van der Waals surface area contributed by atoms with Gasteiger partial charge in [-0.2, -0.15) is 18.3 Å². The van der Waals surface area contributed by atoms with E-state index >= 15 is 0 Å². The summed E-state index contributed by atoms with van der Waals surface area (Å²) < 4.78 is 59.3. The molecule has 4 rings (SSSR count). The molecule has 0 atom stereocenters. The highest BCUT2D eigenvalue weighted by molar-refractivity contribution is 5.91. The highest BCUT2D eigenvalue weighted by Gasteiger charge is 2.30. The number of rotatable bonds is 6. The van der Waals surface area contributed by atoms with Gasteiger partial charge in [0, 0.05) is 24.5 Å². The molecule has 0 aliphatic rings. The first-order valence-electron chi connectivity index (χ1n) is 10.1. The zero-order chi connectivity index (χ0) is 25.3. The third kappa shape index (κ3) is 4.93. The lowest BCUT2D eigenvalue weighted by Gasteiger charge is -2.09. The summed E-state index contributed by atoms with van der Waals surface area (Å²) in [4.78, 5) is 29.5. The molecule has 2 N–H and O–H groups in total. The molecule has 35 heavy (non-hydrogen) atoms. The summed E-state index contributed by atoms with van der Waals surface area (Å²) in [6, 6.07) is 8.19. The number of benzene rings is 2. The van der Waals surface area contributed by atoms with E-state index in [2.05, 4.69) is 20.7 Å². The number of amides is 1. The van der Waals surface area contributed by atoms with E-state index in [1.54, 1.807) is 0 Å². The Hall–Kier alpha value is -4.42. The van der Waals surface area contributed by atoms with E-state index in [0.717, 1.165) is 29.1 Å². The number of hydrogen-bond donors (Lipinski definition) is 2. The average Bonchev–Trinajstić information content (AvgIpc) is 3.11. The molecular formula is C22H18F4N6O3. The van der Waals surface area contributed by atoms with Gasteiger partial charge in [0.05, 0.1) is 19.0 Å². The summed E-state index contributed by atoms with van der Waals surface area (Å²) in [6.07, 6.45) is -3.31. The molecule has 9 nitrogen and oxygen atoms in total. The first-order valence-corrected chi connectivity index (χ1v) is 10.1. The van der Waals surface area contributed by atoms with Crippen molar-refractivity contribution in [2.75, 3.05) is 17.7 Å². The van der Waals surface area contributed by atoms with Crippen molar-refractivity contribution < 1.29 is 27.1 Å². The molecule has 2 aromatic heterocycles. The summed E-state index contributed by atoms with van der Waals surface area (Å²) in [5.74, 6) is -1.08. The lowest BCUT2D eigenvalue weighted by atomic mass is 10.2. The van der Waals surface area contributed by atoms with Crippen LogP contribution in [0.1, 0.15) is 5.56 Å². The molecule has 0 saturated heterocycles. The van der Waals surface area contributed by atoms with Gasteiger partial charge in [-0.05, 0) is 36.4 Å². The van der Waals surface area contributed by atoms with Gasteiger partial charge >= 0.3 is 6.18 Å². The Kier molecular flexibility index (Phi) is 6.16. The number of alkyl halides is 3. The summed E-state index contributed by atoms with van der Waals surface area (Å²) in [7, 11) is 2.81. The number of fused-ring (bicyclic) bond motifs is 1. The topological polar surface area (TPSA) is 103 Å². The van der Waals surface area contributed by atoms with Gasteiger partial charge in [0.15, 0.2) is 22.9 Å². The number of aryl methyl sites for hydroxylation is 1. The number of anilines is 3. The van der Waals surface area contributed by atoms with Crippen LogP contribution >= 0.6 is 0 Å². The highest BCUT2D eigenvalue weighted by atomic mass is 19.4. The van der Waals surface area contributed by atoms with Gasteiger partial charge < -0.3 is 15.4 Å². The lowest BCUT2D eigenvalue weighted by Crippen LogP contribution is -2.28. The molecule has 0 aliphatic heterocycles. The van der Waals surface area contributed by atoms with E-state index in [9.17, 15) is 27.2 Å². The van der Waals surface area contributed by atoms with Gasteiger partial charge in [0.25, 0.3) is 5.56 Å². The van der Waals surface area contributed by atoms with Crippen molar-refractivity contribution in [1.82, 2.24) is 19.3 Å². The van der Waals surface area contributed by atoms with E-state index < -0.39 is 35.6 Å². The van der Waals surface area contributed by atoms with E-state index in [-0.39, 0.29) is 28.3 Å². The Morgan fingerprint density at radius 3 is 2.43 bits per heavy atom. The predicted molar refractivity (Wildman–Crippen MR) is 119 cm³/mol. The summed E-state index contributed by atoms with van der Waals surface area (Å²) in [5.41, 5.74) is -0.627. The Balaban J connectivity index is 1.54. The minimum Gasteiger partial charge on any atom is -0.494 e. The van der Waals surface area contributed by atoms with Crippen molar-refractivity contribution in [2.24, 2.45) is 7.05 Å². The number of carbonyl (C=O) groups is 1. The number of methoxy groups -OCH3 is 1. The largest absolute Gasteiger partial charge is 0.494 e. The zero-order valence-electron chi connectivity index (χ0n) is 18.4. The quantitative estimate of drug-likeness (QED) is 0.400. The van der Waals surface area contributed by atoms with Crippen molar-refractivity contribution >= 4 is 34.1 Å². The molecule has 0 bridgehead atoms. The van der Waals surface area contributed by atoms with Crippen LogP contribution in [0.4, 0.5) is 34.8 Å². The Labute approximate surface area is 195 Å². The van der Waals surface area contributed by atoms with Crippen LogP contribution in [-0.2, 0) is 24.6 Å². The van der Waals surface area contributed by atoms with Crippen LogP contribution in [0.5, 0.6) is 5.75 Å². The van der Waals surface area contributed by atoms with E-state index in [4.69, 9.17) is 4.74 Å². The van der Waals surface area contributed by atoms with Crippen LogP contribution < -0.4 is 20.9 Å². The molecule has 0 unspecified atom stereocenters. The van der Waals surface area contributed by atoms with Crippen molar-refractivity contribution in [3.8, 4) is 5.75 Å². The maximum atomic E-state index is 13.8. The Morgan fingerprint density at radius 1 is 1.11 bits per heavy atom. The number of hydrogen-bond acceptors (Lipinski definition) is 6. The second-order valence-corrected chi connectivity index (χ2v) is 7.44. The number of nitrogens with one attached hydrogen (secondary N) is 2. The van der Waals surface area contributed by atoms with Gasteiger partial charge in [-0.15, -0.1) is 0 Å². The minimum atomic E-state index is -4.46. The van der Waals surface area contributed by atoms with E-state index in [1.165, 1.54) is 43.1 Å². The highest BCUT2D eigenvalue weighted by Crippen LogP contribution is 2.30. The molecule has 0 radical (unpaired) electrons. The molecule has 2 heterocycles. The molecule has 0 fully saturated rings. The summed E-state index contributed by atoms with van der Waals surface area (Å²) >= 11 is 0. The zero-order valence-corrected chi connectivity index (χ0v) is 18.4. The molecule has 1 amide bonds. The standard InChI is InChI=1S/C22H18F4N6O3/c1-31-19-18(20(30-31)29-13-5-3-12(4-6-13)22(24,25)26)27-11-32(21(19)34)10-17(33)28-14-7-8-16(35-2)15(23)9-14/h3-9,11H,10H2,1-2H3,(H,28,33)(H,29,30). The third-order valence-electron chi connectivity index (χ3n) is 5.04. The number of nitrogens with zero attached hydrogens (tertiary/aromatic N) is 4. The van der Waals surface area contributed by atoms with Gasteiger partial charge in [0.2, 0.25) is 5.91 Å². The maximum Gasteiger partial charge on any atom is 0.416 e. The minimum absolute atomic E-state index is 0.0192. The molecule has 0 saturated carbocycles. The smallest absolute Gasteiger partial charge is 0.416 e. The first kappa shape index (κ1) is 23.7. The van der Waals surface area contributed by atoms with Crippen molar-refractivity contribution in [2.45, 2.75) is 12.7 Å². The van der Waals surface area contributed by atoms with Crippen LogP contribution in [0.3, 0.4) is 0 Å². The summed E-state index contributed by atoms with van der Waals surface area (Å²) in [5, 5.41) is 9.52. The molecule has 0 aliphatic carbocycles.